The molecule has 0 atom stereocenters. The summed E-state index contributed by atoms with van der Waals surface area (Å²) in [4.78, 5) is 15.8. The number of nitrogens with one attached hydrogen (secondary N) is 3. The van der Waals surface area contributed by atoms with E-state index < -0.39 is 0 Å². The van der Waals surface area contributed by atoms with E-state index in [1.54, 1.807) is 12.3 Å². The lowest BCUT2D eigenvalue weighted by Crippen LogP contribution is -2.30. The zero-order chi connectivity index (χ0) is 16.1. The molecule has 0 aliphatic heterocycles. The van der Waals surface area contributed by atoms with Crippen LogP contribution in [-0.2, 0) is 6.42 Å². The molecule has 23 heavy (non-hydrogen) atoms. The van der Waals surface area contributed by atoms with Crippen molar-refractivity contribution < 1.29 is 4.79 Å². The molecule has 1 fully saturated rings. The van der Waals surface area contributed by atoms with E-state index in [2.05, 4.69) is 27.0 Å². The summed E-state index contributed by atoms with van der Waals surface area (Å²) in [7, 11) is 0. The average molecular weight is 331 g/mol. The smallest absolute Gasteiger partial charge is 0.320 e. The maximum Gasteiger partial charge on any atom is 0.320 e. The third kappa shape index (κ3) is 5.14. The van der Waals surface area contributed by atoms with Gasteiger partial charge in [0.2, 0.25) is 0 Å². The van der Waals surface area contributed by atoms with E-state index in [9.17, 15) is 4.79 Å². The zero-order valence-electron chi connectivity index (χ0n) is 12.7. The molecule has 0 spiro atoms. The second-order valence-corrected chi connectivity index (χ2v) is 6.05. The van der Waals surface area contributed by atoms with Gasteiger partial charge in [-0.1, -0.05) is 23.7 Å². The Morgan fingerprint density at radius 1 is 1.26 bits per heavy atom. The lowest BCUT2D eigenvalue weighted by Gasteiger charge is -2.08. The summed E-state index contributed by atoms with van der Waals surface area (Å²) < 4.78 is 0. The van der Waals surface area contributed by atoms with Gasteiger partial charge < -0.3 is 10.6 Å². The van der Waals surface area contributed by atoms with Gasteiger partial charge in [-0.2, -0.15) is 0 Å². The SMILES string of the molecule is O=C(Nc1ccc(NCCc2cccc(Cl)c2)cn1)NC1CC1. The van der Waals surface area contributed by atoms with Crippen molar-refractivity contribution in [3.05, 3.63) is 53.2 Å². The number of carbonyl (C=O) groups is 1. The Kier molecular flexibility index (Phi) is 4.98. The Bertz CT molecular complexity index is 671. The van der Waals surface area contributed by atoms with Crippen molar-refractivity contribution in [1.82, 2.24) is 10.3 Å². The molecule has 1 aliphatic carbocycles. The van der Waals surface area contributed by atoms with Gasteiger partial charge in [-0.05, 0) is 49.1 Å². The Balaban J connectivity index is 1.44. The fourth-order valence-corrected chi connectivity index (χ4v) is 2.39. The summed E-state index contributed by atoms with van der Waals surface area (Å²) in [6, 6.07) is 11.7. The molecule has 1 aromatic carbocycles. The first-order valence-corrected chi connectivity index (χ1v) is 8.09. The van der Waals surface area contributed by atoms with Crippen LogP contribution in [0, 0.1) is 0 Å². The molecule has 0 saturated heterocycles. The van der Waals surface area contributed by atoms with Crippen molar-refractivity contribution in [2.24, 2.45) is 0 Å². The van der Waals surface area contributed by atoms with E-state index in [4.69, 9.17) is 11.6 Å². The van der Waals surface area contributed by atoms with Gasteiger partial charge in [0.25, 0.3) is 0 Å². The first kappa shape index (κ1) is 15.6. The van der Waals surface area contributed by atoms with Crippen LogP contribution in [0.3, 0.4) is 0 Å². The van der Waals surface area contributed by atoms with Gasteiger partial charge in [-0.25, -0.2) is 9.78 Å². The fourth-order valence-electron chi connectivity index (χ4n) is 2.18. The number of benzene rings is 1. The molecular formula is C17H19ClN4O. The molecule has 0 radical (unpaired) electrons. The predicted octanol–water partition coefficient (Wildman–Crippen LogP) is 3.67. The van der Waals surface area contributed by atoms with E-state index in [-0.39, 0.29) is 6.03 Å². The van der Waals surface area contributed by atoms with Gasteiger partial charge in [-0.3, -0.25) is 5.32 Å². The minimum atomic E-state index is -0.193. The lowest BCUT2D eigenvalue weighted by atomic mass is 10.1. The van der Waals surface area contributed by atoms with Crippen molar-refractivity contribution in [1.29, 1.82) is 0 Å². The molecule has 3 N–H and O–H groups in total. The van der Waals surface area contributed by atoms with Crippen molar-refractivity contribution in [2.45, 2.75) is 25.3 Å². The lowest BCUT2D eigenvalue weighted by molar-refractivity contribution is 0.251. The number of halogens is 1. The largest absolute Gasteiger partial charge is 0.383 e. The minimum Gasteiger partial charge on any atom is -0.383 e. The van der Waals surface area contributed by atoms with E-state index in [0.717, 1.165) is 36.5 Å². The average Bonchev–Trinajstić information content (AvgIpc) is 3.33. The summed E-state index contributed by atoms with van der Waals surface area (Å²) in [5.41, 5.74) is 2.10. The van der Waals surface area contributed by atoms with Crippen molar-refractivity contribution in [3.63, 3.8) is 0 Å². The second kappa shape index (κ2) is 7.33. The van der Waals surface area contributed by atoms with Crippen LogP contribution in [0.1, 0.15) is 18.4 Å². The zero-order valence-corrected chi connectivity index (χ0v) is 13.4. The molecule has 1 aromatic heterocycles. The highest BCUT2D eigenvalue weighted by atomic mass is 35.5. The minimum absolute atomic E-state index is 0.193. The van der Waals surface area contributed by atoms with Gasteiger partial charge in [0.15, 0.2) is 0 Å². The molecule has 3 rings (SSSR count). The van der Waals surface area contributed by atoms with Gasteiger partial charge in [0.05, 0.1) is 11.9 Å². The molecule has 1 aliphatic rings. The third-order valence-electron chi connectivity index (χ3n) is 3.55. The molecule has 120 valence electrons. The topological polar surface area (TPSA) is 66.0 Å². The number of pyridine rings is 1. The van der Waals surface area contributed by atoms with E-state index in [1.165, 1.54) is 5.56 Å². The summed E-state index contributed by atoms with van der Waals surface area (Å²) in [6.45, 7) is 0.789. The molecule has 1 saturated carbocycles. The predicted molar refractivity (Wildman–Crippen MR) is 93.1 cm³/mol. The number of hydrogen-bond acceptors (Lipinski definition) is 3. The van der Waals surface area contributed by atoms with Gasteiger partial charge in [-0.15, -0.1) is 0 Å². The van der Waals surface area contributed by atoms with E-state index >= 15 is 0 Å². The Morgan fingerprint density at radius 2 is 2.13 bits per heavy atom. The normalized spacial score (nSPS) is 13.4. The number of nitrogens with zero attached hydrogens (tertiary/aromatic N) is 1. The summed E-state index contributed by atoms with van der Waals surface area (Å²) in [5, 5.41) is 9.64. The standard InChI is InChI=1S/C17H19ClN4O/c18-13-3-1-2-12(10-13)8-9-19-15-6-7-16(20-11-15)22-17(23)21-14-4-5-14/h1-3,6-7,10-11,14,19H,4-5,8-9H2,(H2,20,21,22,23). The van der Waals surface area contributed by atoms with Gasteiger partial charge in [0, 0.05) is 17.6 Å². The Labute approximate surface area is 140 Å². The van der Waals surface area contributed by atoms with Crippen LogP contribution in [0.25, 0.3) is 0 Å². The molecule has 6 heteroatoms. The van der Waals surface area contributed by atoms with Crippen LogP contribution in [0.2, 0.25) is 5.02 Å². The Morgan fingerprint density at radius 3 is 2.83 bits per heavy atom. The van der Waals surface area contributed by atoms with Crippen LogP contribution in [0.5, 0.6) is 0 Å². The summed E-state index contributed by atoms with van der Waals surface area (Å²) >= 11 is 5.97. The maximum absolute atomic E-state index is 11.6. The molecule has 1 heterocycles. The Hall–Kier alpha value is -2.27. The molecule has 2 amide bonds. The third-order valence-corrected chi connectivity index (χ3v) is 3.78. The molecule has 0 bridgehead atoms. The number of urea groups is 1. The van der Waals surface area contributed by atoms with Gasteiger partial charge >= 0.3 is 6.03 Å². The fraction of sp³-hybridized carbons (Fsp3) is 0.294. The van der Waals surface area contributed by atoms with Crippen LogP contribution >= 0.6 is 11.6 Å². The van der Waals surface area contributed by atoms with E-state index in [0.29, 0.717) is 11.9 Å². The second-order valence-electron chi connectivity index (χ2n) is 5.61. The number of amides is 2. The molecule has 0 unspecified atom stereocenters. The van der Waals surface area contributed by atoms with Crippen LogP contribution in [0.4, 0.5) is 16.3 Å². The van der Waals surface area contributed by atoms with Crippen LogP contribution in [0.15, 0.2) is 42.6 Å². The molecule has 5 nitrogen and oxygen atoms in total. The van der Waals surface area contributed by atoms with Gasteiger partial charge in [0.1, 0.15) is 5.82 Å². The first-order valence-electron chi connectivity index (χ1n) is 7.71. The van der Waals surface area contributed by atoms with Crippen LogP contribution in [-0.4, -0.2) is 23.6 Å². The van der Waals surface area contributed by atoms with Crippen molar-refractivity contribution in [2.75, 3.05) is 17.2 Å². The number of anilines is 2. The summed E-state index contributed by atoms with van der Waals surface area (Å²) in [6.07, 6.45) is 4.72. The first-order chi connectivity index (χ1) is 11.2. The number of hydrogen-bond donors (Lipinski definition) is 3. The quantitative estimate of drug-likeness (QED) is 0.757. The van der Waals surface area contributed by atoms with E-state index in [1.807, 2.05) is 24.3 Å². The highest BCUT2D eigenvalue weighted by Crippen LogP contribution is 2.18. The number of carbonyl (C=O) groups excluding carboxylic acids is 1. The highest BCUT2D eigenvalue weighted by molar-refractivity contribution is 6.30. The summed E-state index contributed by atoms with van der Waals surface area (Å²) in [5.74, 6) is 0.545. The van der Waals surface area contributed by atoms with Crippen molar-refractivity contribution in [3.8, 4) is 0 Å². The number of rotatable bonds is 6. The van der Waals surface area contributed by atoms with Crippen molar-refractivity contribution >= 4 is 29.1 Å². The molecular weight excluding hydrogens is 312 g/mol. The number of aromatic nitrogens is 1. The highest BCUT2D eigenvalue weighted by Gasteiger charge is 2.23. The maximum atomic E-state index is 11.6. The monoisotopic (exact) mass is 330 g/mol. The van der Waals surface area contributed by atoms with Crippen LogP contribution < -0.4 is 16.0 Å². The molecule has 2 aromatic rings.